The van der Waals surface area contributed by atoms with E-state index >= 15 is 0 Å². The third-order valence-corrected chi connectivity index (χ3v) is 5.58. The number of halogens is 4. The molecule has 2 aliphatic rings. The predicted molar refractivity (Wildman–Crippen MR) is 100 cm³/mol. The molecule has 1 amide bonds. The highest BCUT2D eigenvalue weighted by atomic mass is 35.5. The van der Waals surface area contributed by atoms with Crippen molar-refractivity contribution in [1.82, 2.24) is 10.6 Å². The highest BCUT2D eigenvalue weighted by Gasteiger charge is 2.42. The molecule has 9 heteroatoms. The lowest BCUT2D eigenvalue weighted by Crippen LogP contribution is -2.48. The monoisotopic (exact) mass is 413 g/mol. The van der Waals surface area contributed by atoms with E-state index in [0.717, 1.165) is 37.7 Å². The van der Waals surface area contributed by atoms with Gasteiger partial charge in [0.25, 0.3) is 5.91 Å². The van der Waals surface area contributed by atoms with Crippen molar-refractivity contribution in [3.63, 3.8) is 0 Å². The standard InChI is InChI=1S/C19H19ClF3N3O2/c1-10-25-15-12(20)7-11-8-13(17(27)24-9-19(21,22)23)28-16(11)14(15)18(26-10)5-3-2-4-6-18/h7-8,25-26H,1-6,9H2,(H,24,27). The second-order valence-corrected chi connectivity index (χ2v) is 7.71. The van der Waals surface area contributed by atoms with Crippen LogP contribution in [0.2, 0.25) is 5.02 Å². The van der Waals surface area contributed by atoms with Gasteiger partial charge in [0.2, 0.25) is 0 Å². The fourth-order valence-corrected chi connectivity index (χ4v) is 4.43. The van der Waals surface area contributed by atoms with E-state index in [1.165, 1.54) is 6.07 Å². The zero-order valence-electron chi connectivity index (χ0n) is 14.9. The average molecular weight is 414 g/mol. The molecule has 0 atom stereocenters. The lowest BCUT2D eigenvalue weighted by molar-refractivity contribution is -0.123. The van der Waals surface area contributed by atoms with Gasteiger partial charge in [-0.25, -0.2) is 0 Å². The number of benzene rings is 1. The van der Waals surface area contributed by atoms with Crippen LogP contribution in [0.3, 0.4) is 0 Å². The number of furan rings is 1. The van der Waals surface area contributed by atoms with E-state index in [0.29, 0.717) is 27.5 Å². The number of rotatable bonds is 2. The summed E-state index contributed by atoms with van der Waals surface area (Å²) in [4.78, 5) is 12.2. The molecule has 4 rings (SSSR count). The molecular formula is C19H19ClF3N3O2. The Labute approximate surface area is 164 Å². The van der Waals surface area contributed by atoms with Crippen molar-refractivity contribution in [3.8, 4) is 0 Å². The third-order valence-electron chi connectivity index (χ3n) is 5.28. The first-order valence-electron chi connectivity index (χ1n) is 9.04. The van der Waals surface area contributed by atoms with Crippen molar-refractivity contribution < 1.29 is 22.4 Å². The van der Waals surface area contributed by atoms with E-state index in [2.05, 4.69) is 17.2 Å². The fraction of sp³-hybridized carbons (Fsp3) is 0.421. The minimum absolute atomic E-state index is 0.181. The van der Waals surface area contributed by atoms with Crippen LogP contribution in [-0.4, -0.2) is 18.6 Å². The molecule has 2 heterocycles. The zero-order chi connectivity index (χ0) is 20.1. The minimum Gasteiger partial charge on any atom is -0.450 e. The molecular weight excluding hydrogens is 395 g/mol. The second kappa shape index (κ2) is 6.62. The van der Waals surface area contributed by atoms with Gasteiger partial charge in [-0.15, -0.1) is 0 Å². The summed E-state index contributed by atoms with van der Waals surface area (Å²) >= 11 is 6.48. The van der Waals surface area contributed by atoms with Gasteiger partial charge in [0.1, 0.15) is 12.1 Å². The summed E-state index contributed by atoms with van der Waals surface area (Å²) in [6.45, 7) is 2.56. The van der Waals surface area contributed by atoms with Crippen LogP contribution in [0, 0.1) is 0 Å². The van der Waals surface area contributed by atoms with Crippen molar-refractivity contribution in [2.45, 2.75) is 43.8 Å². The summed E-state index contributed by atoms with van der Waals surface area (Å²) in [5, 5.41) is 9.40. The third kappa shape index (κ3) is 3.30. The summed E-state index contributed by atoms with van der Waals surface area (Å²) in [5.74, 6) is -0.471. The van der Waals surface area contributed by atoms with Gasteiger partial charge in [0, 0.05) is 10.9 Å². The Morgan fingerprint density at radius 1 is 1.29 bits per heavy atom. The topological polar surface area (TPSA) is 66.3 Å². The number of fused-ring (bicyclic) bond motifs is 4. The molecule has 0 radical (unpaired) electrons. The molecule has 1 aromatic carbocycles. The second-order valence-electron chi connectivity index (χ2n) is 7.31. The van der Waals surface area contributed by atoms with Crippen molar-refractivity contribution >= 4 is 34.2 Å². The van der Waals surface area contributed by atoms with Gasteiger partial charge in [-0.05, 0) is 25.0 Å². The zero-order valence-corrected chi connectivity index (χ0v) is 15.7. The molecule has 1 aliphatic heterocycles. The highest BCUT2D eigenvalue weighted by molar-refractivity contribution is 6.34. The Hall–Kier alpha value is -2.35. The maximum absolute atomic E-state index is 12.4. The first-order chi connectivity index (χ1) is 13.2. The van der Waals surface area contributed by atoms with Crippen LogP contribution in [0.25, 0.3) is 11.0 Å². The molecule has 1 aromatic heterocycles. The fourth-order valence-electron chi connectivity index (χ4n) is 4.17. The van der Waals surface area contributed by atoms with Gasteiger partial charge in [-0.1, -0.05) is 37.4 Å². The van der Waals surface area contributed by atoms with E-state index in [1.807, 2.05) is 5.32 Å². The number of hydrogen-bond acceptors (Lipinski definition) is 4. The number of carbonyl (C=O) groups excluding carboxylic acids is 1. The number of anilines is 1. The van der Waals surface area contributed by atoms with Crippen LogP contribution in [0.15, 0.2) is 28.9 Å². The minimum atomic E-state index is -4.50. The number of amides is 1. The predicted octanol–water partition coefficient (Wildman–Crippen LogP) is 5.02. The maximum atomic E-state index is 12.4. The number of alkyl halides is 3. The largest absolute Gasteiger partial charge is 0.450 e. The van der Waals surface area contributed by atoms with Crippen molar-refractivity contribution in [2.75, 3.05) is 11.9 Å². The first kappa shape index (κ1) is 19.0. The molecule has 28 heavy (non-hydrogen) atoms. The molecule has 150 valence electrons. The molecule has 1 spiro atoms. The molecule has 1 fully saturated rings. The number of hydrogen-bond donors (Lipinski definition) is 3. The van der Waals surface area contributed by atoms with Crippen LogP contribution >= 0.6 is 11.6 Å². The molecule has 3 N–H and O–H groups in total. The Morgan fingerprint density at radius 3 is 2.68 bits per heavy atom. The van der Waals surface area contributed by atoms with Crippen LogP contribution in [0.4, 0.5) is 18.9 Å². The normalized spacial score (nSPS) is 18.5. The Kier molecular flexibility index (Phi) is 4.49. The number of nitrogens with one attached hydrogen (secondary N) is 3. The van der Waals surface area contributed by atoms with E-state index < -0.39 is 24.2 Å². The van der Waals surface area contributed by atoms with Gasteiger partial charge in [0.15, 0.2) is 5.76 Å². The van der Waals surface area contributed by atoms with E-state index in [-0.39, 0.29) is 5.76 Å². The molecule has 0 bridgehead atoms. The summed E-state index contributed by atoms with van der Waals surface area (Å²) in [6, 6.07) is 3.06. The Morgan fingerprint density at radius 2 is 2.00 bits per heavy atom. The van der Waals surface area contributed by atoms with Gasteiger partial charge in [0.05, 0.1) is 22.1 Å². The molecule has 2 aromatic rings. The quantitative estimate of drug-likeness (QED) is 0.646. The first-order valence-corrected chi connectivity index (χ1v) is 9.42. The maximum Gasteiger partial charge on any atom is 0.405 e. The van der Waals surface area contributed by atoms with E-state index in [4.69, 9.17) is 16.0 Å². The van der Waals surface area contributed by atoms with Gasteiger partial charge in [-0.3, -0.25) is 4.79 Å². The molecule has 1 aliphatic carbocycles. The van der Waals surface area contributed by atoms with Crippen molar-refractivity contribution in [2.24, 2.45) is 0 Å². The number of carbonyl (C=O) groups is 1. The summed E-state index contributed by atoms with van der Waals surface area (Å²) in [5.41, 5.74) is 1.48. The van der Waals surface area contributed by atoms with Crippen LogP contribution < -0.4 is 16.0 Å². The van der Waals surface area contributed by atoms with Gasteiger partial charge < -0.3 is 20.4 Å². The van der Waals surface area contributed by atoms with Crippen LogP contribution in [0.1, 0.15) is 48.2 Å². The highest BCUT2D eigenvalue weighted by Crippen LogP contribution is 2.49. The lowest BCUT2D eigenvalue weighted by atomic mass is 9.74. The van der Waals surface area contributed by atoms with Crippen LogP contribution in [0.5, 0.6) is 0 Å². The average Bonchev–Trinajstić information content (AvgIpc) is 3.03. The lowest BCUT2D eigenvalue weighted by Gasteiger charge is -2.44. The smallest absolute Gasteiger partial charge is 0.405 e. The van der Waals surface area contributed by atoms with E-state index in [9.17, 15) is 18.0 Å². The Balaban J connectivity index is 1.81. The van der Waals surface area contributed by atoms with Gasteiger partial charge in [-0.2, -0.15) is 13.2 Å². The summed E-state index contributed by atoms with van der Waals surface area (Å²) in [6.07, 6.45) is 0.315. The molecule has 0 saturated heterocycles. The van der Waals surface area contributed by atoms with Crippen molar-refractivity contribution in [3.05, 3.63) is 40.9 Å². The van der Waals surface area contributed by atoms with Crippen LogP contribution in [-0.2, 0) is 5.54 Å². The molecule has 1 saturated carbocycles. The molecule has 5 nitrogen and oxygen atoms in total. The summed E-state index contributed by atoms with van der Waals surface area (Å²) < 4.78 is 43.0. The van der Waals surface area contributed by atoms with E-state index in [1.54, 1.807) is 6.07 Å². The van der Waals surface area contributed by atoms with Gasteiger partial charge >= 0.3 is 6.18 Å². The summed E-state index contributed by atoms with van der Waals surface area (Å²) in [7, 11) is 0. The van der Waals surface area contributed by atoms with Crippen molar-refractivity contribution in [1.29, 1.82) is 0 Å². The SMILES string of the molecule is C=C1Nc2c(Cl)cc3cc(C(=O)NCC(F)(F)F)oc3c2C2(CCCCC2)N1. The Bertz CT molecular complexity index is 961. The molecule has 0 unspecified atom stereocenters.